The molecule has 4 rings (SSSR count). The third-order valence-electron chi connectivity index (χ3n) is 3.44. The maximum absolute atomic E-state index is 4.59. The highest BCUT2D eigenvalue weighted by atomic mass is 31.1. The van der Waals surface area contributed by atoms with Crippen LogP contribution >= 0.6 is 7.53 Å². The second kappa shape index (κ2) is 4.22. The molecule has 0 saturated carbocycles. The van der Waals surface area contributed by atoms with E-state index in [0.717, 1.165) is 5.52 Å². The van der Waals surface area contributed by atoms with E-state index in [-0.39, 0.29) is 0 Å². The van der Waals surface area contributed by atoms with Gasteiger partial charge in [0.05, 0.1) is 5.52 Å². The molecule has 0 fully saturated rings. The first-order valence-corrected chi connectivity index (χ1v) is 7.69. The van der Waals surface area contributed by atoms with E-state index in [1.165, 1.54) is 20.9 Å². The lowest BCUT2D eigenvalue weighted by molar-refractivity contribution is 1.44. The van der Waals surface area contributed by atoms with Crippen molar-refractivity contribution in [1.29, 1.82) is 0 Å². The van der Waals surface area contributed by atoms with E-state index in [4.69, 9.17) is 0 Å². The van der Waals surface area contributed by atoms with E-state index in [1.54, 1.807) is 0 Å². The molecule has 0 bridgehead atoms. The maximum atomic E-state index is 4.59. The molecule has 0 spiro atoms. The molecule has 19 heavy (non-hydrogen) atoms. The second-order valence-electron chi connectivity index (χ2n) is 4.56. The lowest BCUT2D eigenvalue weighted by atomic mass is 10.2. The van der Waals surface area contributed by atoms with Gasteiger partial charge in [0.2, 0.25) is 0 Å². The van der Waals surface area contributed by atoms with Crippen molar-refractivity contribution >= 4 is 28.7 Å². The maximum Gasteiger partial charge on any atom is 0.0826 e. The Labute approximate surface area is 112 Å². The topological polar surface area (TPSA) is 12.9 Å². The Bertz CT molecular complexity index is 809. The summed E-state index contributed by atoms with van der Waals surface area (Å²) >= 11 is 0. The summed E-state index contributed by atoms with van der Waals surface area (Å²) in [6, 6.07) is 23.7. The fourth-order valence-electron chi connectivity index (χ4n) is 2.64. The van der Waals surface area contributed by atoms with E-state index in [9.17, 15) is 0 Å². The van der Waals surface area contributed by atoms with Gasteiger partial charge in [0, 0.05) is 21.8 Å². The Kier molecular flexibility index (Phi) is 2.39. The summed E-state index contributed by atoms with van der Waals surface area (Å²) < 4.78 is 0. The van der Waals surface area contributed by atoms with Gasteiger partial charge in [-0.25, -0.2) is 0 Å². The summed E-state index contributed by atoms with van der Waals surface area (Å²) in [5, 5.41) is 5.51. The molecule has 1 atom stereocenters. The predicted octanol–water partition coefficient (Wildman–Crippen LogP) is 5.36. The lowest BCUT2D eigenvalue weighted by Gasteiger charge is -2.02. The first-order valence-electron chi connectivity index (χ1n) is 6.35. The van der Waals surface area contributed by atoms with Crippen molar-refractivity contribution in [3.63, 3.8) is 0 Å². The largest absolute Gasteiger partial charge is 0.255 e. The third-order valence-corrected chi connectivity index (χ3v) is 5.97. The second-order valence-corrected chi connectivity index (χ2v) is 6.71. The SMILES string of the molecule is c1ccc(-p2c3ccccc3c3ncccc32)cc1. The van der Waals surface area contributed by atoms with Crippen LogP contribution in [0.2, 0.25) is 0 Å². The zero-order chi connectivity index (χ0) is 12.7. The van der Waals surface area contributed by atoms with Crippen molar-refractivity contribution < 1.29 is 0 Å². The van der Waals surface area contributed by atoms with Gasteiger partial charge in [0.15, 0.2) is 0 Å². The van der Waals surface area contributed by atoms with Crippen molar-refractivity contribution in [2.75, 3.05) is 0 Å². The molecule has 90 valence electrons. The first-order chi connectivity index (χ1) is 9.45. The average molecular weight is 261 g/mol. The first kappa shape index (κ1) is 10.8. The van der Waals surface area contributed by atoms with E-state index in [0.29, 0.717) is 0 Å². The summed E-state index contributed by atoms with van der Waals surface area (Å²) in [5.74, 6) is 0. The van der Waals surface area contributed by atoms with Crippen molar-refractivity contribution in [1.82, 2.24) is 4.98 Å². The summed E-state index contributed by atoms with van der Waals surface area (Å²) in [4.78, 5) is 4.59. The van der Waals surface area contributed by atoms with Gasteiger partial charge in [-0.3, -0.25) is 4.98 Å². The molecule has 2 heterocycles. The molecule has 1 nitrogen and oxygen atoms in total. The lowest BCUT2D eigenvalue weighted by Crippen LogP contribution is -1.70. The van der Waals surface area contributed by atoms with Crippen LogP contribution in [-0.2, 0) is 0 Å². The zero-order valence-electron chi connectivity index (χ0n) is 10.3. The van der Waals surface area contributed by atoms with Crippen molar-refractivity contribution in [2.24, 2.45) is 0 Å². The van der Waals surface area contributed by atoms with Gasteiger partial charge in [-0.1, -0.05) is 56.1 Å². The molecule has 0 radical (unpaired) electrons. The van der Waals surface area contributed by atoms with Crippen LogP contribution in [-0.4, -0.2) is 4.98 Å². The van der Waals surface area contributed by atoms with E-state index < -0.39 is 7.53 Å². The van der Waals surface area contributed by atoms with Gasteiger partial charge in [0.25, 0.3) is 0 Å². The Morgan fingerprint density at radius 1 is 0.684 bits per heavy atom. The Balaban J connectivity index is 2.24. The number of nitrogens with zero attached hydrogens (tertiary/aromatic N) is 1. The fraction of sp³-hybridized carbons (Fsp3) is 0. The van der Waals surface area contributed by atoms with Crippen LogP contribution in [0.1, 0.15) is 0 Å². The number of aromatic nitrogens is 1. The quantitative estimate of drug-likeness (QED) is 0.449. The highest BCUT2D eigenvalue weighted by Crippen LogP contribution is 2.54. The van der Waals surface area contributed by atoms with Crippen molar-refractivity contribution in [3.05, 3.63) is 72.9 Å². The van der Waals surface area contributed by atoms with E-state index in [1.807, 2.05) is 12.3 Å². The molecule has 0 aliphatic heterocycles. The minimum Gasteiger partial charge on any atom is -0.255 e. The molecule has 0 aliphatic carbocycles. The molecule has 2 aromatic heterocycles. The summed E-state index contributed by atoms with van der Waals surface area (Å²) in [6.07, 6.45) is 1.89. The number of fused-ring (bicyclic) bond motifs is 3. The average Bonchev–Trinajstić information content (AvgIpc) is 2.83. The van der Waals surface area contributed by atoms with Crippen LogP contribution in [0.4, 0.5) is 0 Å². The molecular weight excluding hydrogens is 249 g/mol. The minimum atomic E-state index is -0.434. The van der Waals surface area contributed by atoms with Gasteiger partial charge in [-0.2, -0.15) is 0 Å². The molecule has 2 aromatic carbocycles. The number of hydrogen-bond acceptors (Lipinski definition) is 1. The number of rotatable bonds is 1. The number of benzene rings is 2. The highest BCUT2D eigenvalue weighted by molar-refractivity contribution is 7.67. The monoisotopic (exact) mass is 261 g/mol. The van der Waals surface area contributed by atoms with Gasteiger partial charge < -0.3 is 0 Å². The van der Waals surface area contributed by atoms with Crippen LogP contribution in [0.15, 0.2) is 72.9 Å². The predicted molar refractivity (Wildman–Crippen MR) is 83.3 cm³/mol. The molecule has 0 saturated heterocycles. The Morgan fingerprint density at radius 2 is 1.42 bits per heavy atom. The van der Waals surface area contributed by atoms with Crippen LogP contribution in [0.5, 0.6) is 0 Å². The van der Waals surface area contributed by atoms with Gasteiger partial charge in [-0.05, 0) is 23.5 Å². The minimum absolute atomic E-state index is 0.434. The van der Waals surface area contributed by atoms with E-state index >= 15 is 0 Å². The Morgan fingerprint density at radius 3 is 2.32 bits per heavy atom. The van der Waals surface area contributed by atoms with Gasteiger partial charge >= 0.3 is 0 Å². The van der Waals surface area contributed by atoms with Crippen molar-refractivity contribution in [2.45, 2.75) is 0 Å². The van der Waals surface area contributed by atoms with Gasteiger partial charge in [-0.15, -0.1) is 0 Å². The summed E-state index contributed by atoms with van der Waals surface area (Å²) in [6.45, 7) is 0. The zero-order valence-corrected chi connectivity index (χ0v) is 11.2. The number of hydrogen-bond donors (Lipinski definition) is 0. The molecule has 1 unspecified atom stereocenters. The molecule has 4 aromatic rings. The highest BCUT2D eigenvalue weighted by Gasteiger charge is 2.12. The van der Waals surface area contributed by atoms with Crippen LogP contribution in [0.25, 0.3) is 26.4 Å². The third kappa shape index (κ3) is 1.59. The smallest absolute Gasteiger partial charge is 0.0826 e. The molecule has 2 heteroatoms. The molecule has 0 aliphatic rings. The summed E-state index contributed by atoms with van der Waals surface area (Å²) in [5.41, 5.74) is 1.16. The Hall–Kier alpha value is -2.11. The standard InChI is InChI=1S/C17H12NP/c1-2-7-13(8-3-1)19-15-10-5-4-9-14(15)17-16(19)11-6-12-18-17/h1-12H. The van der Waals surface area contributed by atoms with Crippen LogP contribution in [0, 0.1) is 0 Å². The number of pyridine rings is 1. The summed E-state index contributed by atoms with van der Waals surface area (Å²) in [7, 11) is -0.434. The normalized spacial score (nSPS) is 12.1. The molecular formula is C17H12NP. The fourth-order valence-corrected chi connectivity index (χ4v) is 5.21. The van der Waals surface area contributed by atoms with E-state index in [2.05, 4.69) is 65.6 Å². The molecule has 0 amide bonds. The van der Waals surface area contributed by atoms with Crippen LogP contribution in [0.3, 0.4) is 0 Å². The van der Waals surface area contributed by atoms with Gasteiger partial charge in [0.1, 0.15) is 0 Å². The van der Waals surface area contributed by atoms with Crippen molar-refractivity contribution in [3.8, 4) is 5.30 Å². The van der Waals surface area contributed by atoms with Crippen LogP contribution < -0.4 is 0 Å². The molecule has 0 N–H and O–H groups in total.